The fraction of sp³-hybridized carbons (Fsp3) is 0.625. The minimum atomic E-state index is 0.655. The Hall–Kier alpha value is -1.26. The van der Waals surface area contributed by atoms with Crippen molar-refractivity contribution in [2.24, 2.45) is 0 Å². The number of nitrogens with zero attached hydrogens (tertiary/aromatic N) is 1. The number of methoxy groups -OCH3 is 1. The molecule has 1 aromatic rings. The van der Waals surface area contributed by atoms with Crippen molar-refractivity contribution >= 4 is 0 Å². The van der Waals surface area contributed by atoms with Crippen molar-refractivity contribution in [2.45, 2.75) is 32.4 Å². The zero-order chi connectivity index (χ0) is 14.4. The van der Waals surface area contributed by atoms with Gasteiger partial charge in [0.25, 0.3) is 0 Å². The van der Waals surface area contributed by atoms with E-state index in [1.165, 1.54) is 24.9 Å². The number of ether oxygens (including phenoxy) is 2. The van der Waals surface area contributed by atoms with Gasteiger partial charge >= 0.3 is 0 Å². The maximum Gasteiger partial charge on any atom is 0.161 e. The van der Waals surface area contributed by atoms with Crippen molar-refractivity contribution in [2.75, 3.05) is 33.9 Å². The number of nitrogens with one attached hydrogen (secondary N) is 1. The standard InChI is InChI=1S/C16H26N2O2/c1-4-20-15-8-7-13(10-16(15)19-3)11-17-12-14-6-5-9-18(14)2/h7-8,10,14,17H,4-6,9,11-12H2,1-3H3. The van der Waals surface area contributed by atoms with Gasteiger partial charge in [0.1, 0.15) is 0 Å². The lowest BCUT2D eigenvalue weighted by atomic mass is 10.2. The highest BCUT2D eigenvalue weighted by molar-refractivity contribution is 5.42. The van der Waals surface area contributed by atoms with Gasteiger partial charge in [0.05, 0.1) is 13.7 Å². The predicted molar refractivity (Wildman–Crippen MR) is 81.5 cm³/mol. The Morgan fingerprint density at radius 3 is 2.85 bits per heavy atom. The van der Waals surface area contributed by atoms with Crippen LogP contribution in [0.5, 0.6) is 11.5 Å². The van der Waals surface area contributed by atoms with Crippen LogP contribution in [-0.2, 0) is 6.54 Å². The SMILES string of the molecule is CCOc1ccc(CNCC2CCCN2C)cc1OC. The van der Waals surface area contributed by atoms with E-state index in [1.54, 1.807) is 7.11 Å². The molecule has 1 fully saturated rings. The molecule has 0 radical (unpaired) electrons. The quantitative estimate of drug-likeness (QED) is 0.829. The smallest absolute Gasteiger partial charge is 0.161 e. The molecule has 0 aliphatic carbocycles. The van der Waals surface area contributed by atoms with Gasteiger partial charge in [0.15, 0.2) is 11.5 Å². The van der Waals surface area contributed by atoms with Crippen LogP contribution in [0.15, 0.2) is 18.2 Å². The molecule has 1 heterocycles. The summed E-state index contributed by atoms with van der Waals surface area (Å²) in [6.07, 6.45) is 2.62. The molecule has 2 rings (SSSR count). The van der Waals surface area contributed by atoms with Crippen molar-refractivity contribution in [3.63, 3.8) is 0 Å². The van der Waals surface area contributed by atoms with Gasteiger partial charge in [-0.25, -0.2) is 0 Å². The van der Waals surface area contributed by atoms with Crippen molar-refractivity contribution in [1.29, 1.82) is 0 Å². The Morgan fingerprint density at radius 1 is 1.35 bits per heavy atom. The lowest BCUT2D eigenvalue weighted by Gasteiger charge is -2.20. The molecule has 1 unspecified atom stereocenters. The van der Waals surface area contributed by atoms with Crippen LogP contribution >= 0.6 is 0 Å². The highest BCUT2D eigenvalue weighted by Gasteiger charge is 2.19. The Morgan fingerprint density at radius 2 is 2.20 bits per heavy atom. The van der Waals surface area contributed by atoms with Crippen LogP contribution < -0.4 is 14.8 Å². The summed E-state index contributed by atoms with van der Waals surface area (Å²) in [5, 5.41) is 3.54. The number of hydrogen-bond acceptors (Lipinski definition) is 4. The zero-order valence-electron chi connectivity index (χ0n) is 12.8. The van der Waals surface area contributed by atoms with Crippen LogP contribution in [0.25, 0.3) is 0 Å². The normalized spacial score (nSPS) is 19.2. The highest BCUT2D eigenvalue weighted by atomic mass is 16.5. The van der Waals surface area contributed by atoms with E-state index in [9.17, 15) is 0 Å². The fourth-order valence-electron chi connectivity index (χ4n) is 2.72. The van der Waals surface area contributed by atoms with E-state index in [1.807, 2.05) is 13.0 Å². The summed E-state index contributed by atoms with van der Waals surface area (Å²) in [6, 6.07) is 6.82. The fourth-order valence-corrected chi connectivity index (χ4v) is 2.72. The Labute approximate surface area is 122 Å². The van der Waals surface area contributed by atoms with E-state index < -0.39 is 0 Å². The third kappa shape index (κ3) is 3.87. The summed E-state index contributed by atoms with van der Waals surface area (Å²) in [6.45, 7) is 5.78. The molecule has 1 saturated heterocycles. The average Bonchev–Trinajstić information content (AvgIpc) is 2.86. The summed E-state index contributed by atoms with van der Waals surface area (Å²) >= 11 is 0. The third-order valence-electron chi connectivity index (χ3n) is 3.91. The van der Waals surface area contributed by atoms with Gasteiger partial charge in [0.2, 0.25) is 0 Å². The molecule has 1 N–H and O–H groups in total. The van der Waals surface area contributed by atoms with Crippen molar-refractivity contribution in [1.82, 2.24) is 10.2 Å². The summed E-state index contributed by atoms with van der Waals surface area (Å²) in [4.78, 5) is 2.44. The van der Waals surface area contributed by atoms with Crippen LogP contribution in [0.3, 0.4) is 0 Å². The Kier molecular flexibility index (Phi) is 5.68. The lowest BCUT2D eigenvalue weighted by Crippen LogP contribution is -2.35. The summed E-state index contributed by atoms with van der Waals surface area (Å²) in [5.74, 6) is 1.62. The topological polar surface area (TPSA) is 33.7 Å². The van der Waals surface area contributed by atoms with Crippen LogP contribution in [0, 0.1) is 0 Å². The van der Waals surface area contributed by atoms with Gasteiger partial charge in [-0.2, -0.15) is 0 Å². The Balaban J connectivity index is 1.86. The lowest BCUT2D eigenvalue weighted by molar-refractivity contribution is 0.299. The molecular weight excluding hydrogens is 252 g/mol. The van der Waals surface area contributed by atoms with Crippen molar-refractivity contribution in [3.8, 4) is 11.5 Å². The minimum Gasteiger partial charge on any atom is -0.493 e. The molecule has 1 aromatic carbocycles. The van der Waals surface area contributed by atoms with E-state index in [0.717, 1.165) is 24.6 Å². The second kappa shape index (κ2) is 7.50. The van der Waals surface area contributed by atoms with Crippen molar-refractivity contribution in [3.05, 3.63) is 23.8 Å². The van der Waals surface area contributed by atoms with Gasteiger partial charge in [-0.1, -0.05) is 6.07 Å². The molecule has 112 valence electrons. The Bertz CT molecular complexity index is 423. The summed E-state index contributed by atoms with van der Waals surface area (Å²) < 4.78 is 10.9. The first kappa shape index (κ1) is 15.1. The number of benzene rings is 1. The van der Waals surface area contributed by atoms with E-state index >= 15 is 0 Å². The first-order chi connectivity index (χ1) is 9.74. The summed E-state index contributed by atoms with van der Waals surface area (Å²) in [5.41, 5.74) is 1.23. The predicted octanol–water partition coefficient (Wildman–Crippen LogP) is 2.28. The van der Waals surface area contributed by atoms with Gasteiger partial charge in [0, 0.05) is 19.1 Å². The summed E-state index contributed by atoms with van der Waals surface area (Å²) in [7, 11) is 3.89. The van der Waals surface area contributed by atoms with Crippen LogP contribution in [0.4, 0.5) is 0 Å². The van der Waals surface area contributed by atoms with Crippen LogP contribution in [0.2, 0.25) is 0 Å². The number of rotatable bonds is 7. The van der Waals surface area contributed by atoms with Crippen LogP contribution in [0.1, 0.15) is 25.3 Å². The monoisotopic (exact) mass is 278 g/mol. The minimum absolute atomic E-state index is 0.655. The van der Waals surface area contributed by atoms with E-state index in [4.69, 9.17) is 9.47 Å². The second-order valence-corrected chi connectivity index (χ2v) is 5.33. The largest absolute Gasteiger partial charge is 0.493 e. The number of hydrogen-bond donors (Lipinski definition) is 1. The molecular formula is C16H26N2O2. The number of likely N-dealkylation sites (tertiary alicyclic amines) is 1. The molecule has 0 saturated carbocycles. The highest BCUT2D eigenvalue weighted by Crippen LogP contribution is 2.28. The molecule has 0 spiro atoms. The maximum atomic E-state index is 5.53. The first-order valence-electron chi connectivity index (χ1n) is 7.45. The third-order valence-corrected chi connectivity index (χ3v) is 3.91. The van der Waals surface area contributed by atoms with Gasteiger partial charge in [-0.3, -0.25) is 0 Å². The van der Waals surface area contributed by atoms with Gasteiger partial charge < -0.3 is 19.7 Å². The van der Waals surface area contributed by atoms with Crippen LogP contribution in [-0.4, -0.2) is 44.8 Å². The molecule has 4 nitrogen and oxygen atoms in total. The van der Waals surface area contributed by atoms with Gasteiger partial charge in [-0.15, -0.1) is 0 Å². The molecule has 0 aromatic heterocycles. The van der Waals surface area contributed by atoms with Gasteiger partial charge in [-0.05, 0) is 51.1 Å². The molecule has 1 atom stereocenters. The average molecular weight is 278 g/mol. The molecule has 20 heavy (non-hydrogen) atoms. The van der Waals surface area contributed by atoms with E-state index in [0.29, 0.717) is 12.6 Å². The first-order valence-corrected chi connectivity index (χ1v) is 7.45. The van der Waals surface area contributed by atoms with E-state index in [-0.39, 0.29) is 0 Å². The molecule has 4 heteroatoms. The maximum absolute atomic E-state index is 5.53. The zero-order valence-corrected chi connectivity index (χ0v) is 12.8. The van der Waals surface area contributed by atoms with Crippen molar-refractivity contribution < 1.29 is 9.47 Å². The van der Waals surface area contributed by atoms with E-state index in [2.05, 4.69) is 29.4 Å². The number of likely N-dealkylation sites (N-methyl/N-ethyl adjacent to an activating group) is 1. The molecule has 0 amide bonds. The molecule has 1 aliphatic heterocycles. The second-order valence-electron chi connectivity index (χ2n) is 5.33. The molecule has 1 aliphatic rings. The molecule has 0 bridgehead atoms.